The van der Waals surface area contributed by atoms with Crippen molar-refractivity contribution in [2.75, 3.05) is 4.90 Å². The van der Waals surface area contributed by atoms with Gasteiger partial charge in [0.05, 0.1) is 16.2 Å². The van der Waals surface area contributed by atoms with Gasteiger partial charge in [-0.15, -0.1) is 0 Å². The van der Waals surface area contributed by atoms with Crippen molar-refractivity contribution in [1.29, 1.82) is 0 Å². The maximum Gasteiger partial charge on any atom is 0.335 e. The zero-order valence-corrected chi connectivity index (χ0v) is 13.6. The van der Waals surface area contributed by atoms with E-state index in [1.54, 1.807) is 24.3 Å². The molecule has 3 rings (SSSR count). The average Bonchev–Trinajstić information content (AvgIpc) is 3.03. The molecule has 0 spiro atoms. The zero-order chi connectivity index (χ0) is 16.6. The summed E-state index contributed by atoms with van der Waals surface area (Å²) in [4.78, 5) is 25.4. The Labute approximate surface area is 141 Å². The van der Waals surface area contributed by atoms with Gasteiger partial charge in [0, 0.05) is 6.08 Å². The van der Waals surface area contributed by atoms with Crippen LogP contribution >= 0.6 is 24.0 Å². The Morgan fingerprint density at radius 1 is 1.35 bits per heavy atom. The first-order chi connectivity index (χ1) is 11.0. The van der Waals surface area contributed by atoms with Crippen molar-refractivity contribution in [1.82, 2.24) is 0 Å². The van der Waals surface area contributed by atoms with Gasteiger partial charge in [0.1, 0.15) is 11.5 Å². The van der Waals surface area contributed by atoms with E-state index in [4.69, 9.17) is 21.7 Å². The molecular weight excluding hydrogens is 334 g/mol. The third kappa shape index (κ3) is 3.06. The highest BCUT2D eigenvalue weighted by atomic mass is 32.2. The average molecular weight is 345 g/mol. The number of hydrogen-bond donors (Lipinski definition) is 1. The summed E-state index contributed by atoms with van der Waals surface area (Å²) in [5, 5.41) is 9.07. The summed E-state index contributed by atoms with van der Waals surface area (Å²) >= 11 is 6.41. The summed E-state index contributed by atoms with van der Waals surface area (Å²) in [6, 6.07) is 9.70. The Balaban J connectivity index is 1.94. The number of hydrogen-bond acceptors (Lipinski definition) is 5. The summed E-state index contributed by atoms with van der Waals surface area (Å²) in [6.45, 7) is 1.82. The van der Waals surface area contributed by atoms with E-state index in [9.17, 15) is 9.59 Å². The molecule has 1 saturated heterocycles. The number of aryl methyl sites for hydroxylation is 1. The van der Waals surface area contributed by atoms with E-state index >= 15 is 0 Å². The van der Waals surface area contributed by atoms with Gasteiger partial charge in [-0.1, -0.05) is 30.0 Å². The van der Waals surface area contributed by atoms with Crippen molar-refractivity contribution < 1.29 is 19.1 Å². The smallest absolute Gasteiger partial charge is 0.335 e. The van der Waals surface area contributed by atoms with Gasteiger partial charge in [-0.3, -0.25) is 9.69 Å². The first kappa shape index (κ1) is 15.5. The molecule has 0 bridgehead atoms. The van der Waals surface area contributed by atoms with Gasteiger partial charge < -0.3 is 9.52 Å². The summed E-state index contributed by atoms with van der Waals surface area (Å²) in [6.07, 6.45) is 1.63. The monoisotopic (exact) mass is 345 g/mol. The van der Waals surface area contributed by atoms with Crippen LogP contribution in [0.15, 0.2) is 45.7 Å². The van der Waals surface area contributed by atoms with Crippen LogP contribution in [0.4, 0.5) is 5.69 Å². The Morgan fingerprint density at radius 3 is 2.78 bits per heavy atom. The lowest BCUT2D eigenvalue weighted by molar-refractivity contribution is -0.113. The molecule has 0 saturated carbocycles. The molecule has 0 unspecified atom stereocenters. The quantitative estimate of drug-likeness (QED) is 0.676. The molecule has 1 aromatic heterocycles. The van der Waals surface area contributed by atoms with E-state index < -0.39 is 5.97 Å². The second-order valence-corrected chi connectivity index (χ2v) is 6.50. The number of nitrogens with zero attached hydrogens (tertiary/aromatic N) is 1. The second-order valence-electron chi connectivity index (χ2n) is 4.82. The molecule has 116 valence electrons. The minimum atomic E-state index is -1.06. The van der Waals surface area contributed by atoms with Gasteiger partial charge in [-0.2, -0.15) is 0 Å². The summed E-state index contributed by atoms with van der Waals surface area (Å²) in [5.74, 6) is -0.0290. The molecule has 2 aromatic rings. The molecule has 1 aliphatic rings. The fourth-order valence-corrected chi connectivity index (χ4v) is 3.41. The number of carbonyl (C=O) groups excluding carboxylic acids is 1. The molecular formula is C16H11NO4S2. The SMILES string of the molecule is Cc1ccc(/C=C2\SC(=S)N(c3cccc(C(=O)O)c3)C2=O)o1. The number of benzene rings is 1. The predicted molar refractivity (Wildman–Crippen MR) is 92.5 cm³/mol. The third-order valence-electron chi connectivity index (χ3n) is 3.18. The first-order valence-corrected chi connectivity index (χ1v) is 7.86. The molecule has 7 heteroatoms. The van der Waals surface area contributed by atoms with Crippen LogP contribution < -0.4 is 4.90 Å². The summed E-state index contributed by atoms with van der Waals surface area (Å²) in [7, 11) is 0. The third-order valence-corrected chi connectivity index (χ3v) is 4.48. The largest absolute Gasteiger partial charge is 0.478 e. The molecule has 0 atom stereocenters. The summed E-state index contributed by atoms with van der Waals surface area (Å²) in [5.41, 5.74) is 0.536. The number of aromatic carboxylic acids is 1. The van der Waals surface area contributed by atoms with E-state index in [2.05, 4.69) is 0 Å². The fourth-order valence-electron chi connectivity index (χ4n) is 2.13. The van der Waals surface area contributed by atoms with Crippen LogP contribution in [0.1, 0.15) is 21.9 Å². The minimum absolute atomic E-state index is 0.0992. The zero-order valence-electron chi connectivity index (χ0n) is 12.0. The van der Waals surface area contributed by atoms with Crippen molar-refractivity contribution in [2.45, 2.75) is 6.92 Å². The highest BCUT2D eigenvalue weighted by molar-refractivity contribution is 8.27. The van der Waals surface area contributed by atoms with E-state index in [-0.39, 0.29) is 11.5 Å². The van der Waals surface area contributed by atoms with Gasteiger partial charge in [0.2, 0.25) is 0 Å². The summed E-state index contributed by atoms with van der Waals surface area (Å²) < 4.78 is 5.79. The van der Waals surface area contributed by atoms with Crippen molar-refractivity contribution in [2.24, 2.45) is 0 Å². The van der Waals surface area contributed by atoms with E-state index in [0.717, 1.165) is 17.5 Å². The maximum absolute atomic E-state index is 12.6. The van der Waals surface area contributed by atoms with E-state index in [1.807, 2.05) is 13.0 Å². The number of furan rings is 1. The predicted octanol–water partition coefficient (Wildman–Crippen LogP) is 3.69. The number of amides is 1. The number of thiocarbonyl (C=S) groups is 1. The van der Waals surface area contributed by atoms with Crippen molar-refractivity contribution >= 4 is 51.9 Å². The van der Waals surface area contributed by atoms with Crippen LogP contribution in [0.2, 0.25) is 0 Å². The van der Waals surface area contributed by atoms with E-state index in [0.29, 0.717) is 20.7 Å². The van der Waals surface area contributed by atoms with Crippen LogP contribution in [0, 0.1) is 6.92 Å². The lowest BCUT2D eigenvalue weighted by Gasteiger charge is -2.14. The molecule has 0 aliphatic carbocycles. The van der Waals surface area contributed by atoms with Crippen molar-refractivity contribution in [3.63, 3.8) is 0 Å². The van der Waals surface area contributed by atoms with Gasteiger partial charge in [-0.25, -0.2) is 4.79 Å². The van der Waals surface area contributed by atoms with Gasteiger partial charge >= 0.3 is 5.97 Å². The van der Waals surface area contributed by atoms with Crippen LogP contribution in [-0.4, -0.2) is 21.3 Å². The van der Waals surface area contributed by atoms with Gasteiger partial charge in [-0.05, 0) is 37.3 Å². The van der Waals surface area contributed by atoms with Crippen LogP contribution in [0.3, 0.4) is 0 Å². The Bertz CT molecular complexity index is 853. The molecule has 1 aliphatic heterocycles. The molecule has 23 heavy (non-hydrogen) atoms. The highest BCUT2D eigenvalue weighted by Gasteiger charge is 2.33. The Morgan fingerprint density at radius 2 is 2.13 bits per heavy atom. The van der Waals surface area contributed by atoms with Gasteiger partial charge in [0.25, 0.3) is 5.91 Å². The second kappa shape index (κ2) is 6.02. The number of rotatable bonds is 3. The van der Waals surface area contributed by atoms with Crippen molar-refractivity contribution in [3.05, 3.63) is 58.4 Å². The number of thioether (sulfide) groups is 1. The molecule has 0 radical (unpaired) electrons. The lowest BCUT2D eigenvalue weighted by Crippen LogP contribution is -2.27. The van der Waals surface area contributed by atoms with Crippen LogP contribution in [-0.2, 0) is 4.79 Å². The van der Waals surface area contributed by atoms with E-state index in [1.165, 1.54) is 17.0 Å². The Hall–Kier alpha value is -2.38. The standard InChI is InChI=1S/C16H11NO4S2/c1-9-5-6-12(21-9)8-13-14(18)17(16(22)23-13)11-4-2-3-10(7-11)15(19)20/h2-8H,1H3,(H,19,20)/b13-8-. The van der Waals surface area contributed by atoms with Crippen molar-refractivity contribution in [3.8, 4) is 0 Å². The molecule has 1 aromatic carbocycles. The fraction of sp³-hybridized carbons (Fsp3) is 0.0625. The lowest BCUT2D eigenvalue weighted by atomic mass is 10.2. The first-order valence-electron chi connectivity index (χ1n) is 6.63. The molecule has 2 heterocycles. The molecule has 5 nitrogen and oxygen atoms in total. The maximum atomic E-state index is 12.6. The number of carbonyl (C=O) groups is 2. The van der Waals surface area contributed by atoms with Crippen LogP contribution in [0.5, 0.6) is 0 Å². The minimum Gasteiger partial charge on any atom is -0.478 e. The number of carboxylic acids is 1. The van der Waals surface area contributed by atoms with Gasteiger partial charge in [0.15, 0.2) is 4.32 Å². The molecule has 1 amide bonds. The molecule has 1 N–H and O–H groups in total. The van der Waals surface area contributed by atoms with Crippen LogP contribution in [0.25, 0.3) is 6.08 Å². The normalized spacial score (nSPS) is 16.4. The Kier molecular flexibility index (Phi) is 4.06. The number of carboxylic acid groups (broad SMARTS) is 1. The molecule has 1 fully saturated rings. The highest BCUT2D eigenvalue weighted by Crippen LogP contribution is 2.36. The topological polar surface area (TPSA) is 70.8 Å². The number of anilines is 1.